The first kappa shape index (κ1) is 21.5. The summed E-state index contributed by atoms with van der Waals surface area (Å²) in [6.07, 6.45) is -1.40. The molecule has 2 unspecified atom stereocenters. The van der Waals surface area contributed by atoms with Crippen LogP contribution in [0.15, 0.2) is 12.0 Å². The Hall–Kier alpha value is -2.57. The first-order valence-corrected chi connectivity index (χ1v) is 7.72. The van der Waals surface area contributed by atoms with Crippen molar-refractivity contribution in [2.24, 2.45) is 0 Å². The Balaban J connectivity index is 3.18. The molecule has 12 heteroatoms. The number of amides is 1. The summed E-state index contributed by atoms with van der Waals surface area (Å²) >= 11 is 0. The molecule has 0 aliphatic carbocycles. The van der Waals surface area contributed by atoms with E-state index in [0.29, 0.717) is 0 Å². The summed E-state index contributed by atoms with van der Waals surface area (Å²) < 4.78 is 10.7. The highest BCUT2D eigenvalue weighted by Crippen LogP contribution is 2.18. The fourth-order valence-corrected chi connectivity index (χ4v) is 2.46. The standard InChI is InChI=1S/C14H22N2O10/c17-12(18)2-1-11(26-23)16-3-4-24-5-6-25-8-10(16)9(7-13(19)20)15-14(21)22/h1,9-10,15,23H,2-8H2,(H,17,18)(H,19,20)(H,21,22)/b11-1-. The van der Waals surface area contributed by atoms with Gasteiger partial charge in [0.25, 0.3) is 0 Å². The first-order chi connectivity index (χ1) is 12.3. The molecule has 12 nitrogen and oxygen atoms in total. The number of nitrogens with zero attached hydrogens (tertiary/aromatic N) is 1. The van der Waals surface area contributed by atoms with Crippen molar-refractivity contribution in [3.8, 4) is 0 Å². The van der Waals surface area contributed by atoms with Gasteiger partial charge in [0, 0.05) is 6.54 Å². The minimum Gasteiger partial charge on any atom is -0.481 e. The van der Waals surface area contributed by atoms with Crippen LogP contribution in [0, 0.1) is 0 Å². The molecule has 26 heavy (non-hydrogen) atoms. The lowest BCUT2D eigenvalue weighted by Gasteiger charge is -2.36. The molecule has 1 fully saturated rings. The summed E-state index contributed by atoms with van der Waals surface area (Å²) in [7, 11) is 0. The van der Waals surface area contributed by atoms with E-state index >= 15 is 0 Å². The van der Waals surface area contributed by atoms with E-state index in [1.54, 1.807) is 0 Å². The minimum absolute atomic E-state index is 0.0808. The lowest BCUT2D eigenvalue weighted by Crippen LogP contribution is -2.55. The number of carboxylic acids is 2. The molecule has 1 aliphatic rings. The monoisotopic (exact) mass is 378 g/mol. The van der Waals surface area contributed by atoms with Gasteiger partial charge in [0.1, 0.15) is 0 Å². The Morgan fingerprint density at radius 3 is 2.42 bits per heavy atom. The molecule has 5 N–H and O–H groups in total. The van der Waals surface area contributed by atoms with Gasteiger partial charge in [0.2, 0.25) is 5.88 Å². The molecule has 1 saturated heterocycles. The molecular formula is C14H22N2O10. The average Bonchev–Trinajstić information content (AvgIpc) is 2.66. The van der Waals surface area contributed by atoms with E-state index in [-0.39, 0.29) is 38.9 Å². The summed E-state index contributed by atoms with van der Waals surface area (Å²) in [5.74, 6) is -2.70. The van der Waals surface area contributed by atoms with Crippen LogP contribution in [-0.4, -0.2) is 88.6 Å². The van der Waals surface area contributed by atoms with E-state index in [4.69, 9.17) is 30.1 Å². The van der Waals surface area contributed by atoms with Crippen molar-refractivity contribution in [3.05, 3.63) is 12.0 Å². The smallest absolute Gasteiger partial charge is 0.404 e. The molecule has 148 valence electrons. The van der Waals surface area contributed by atoms with Gasteiger partial charge in [-0.3, -0.25) is 9.59 Å². The van der Waals surface area contributed by atoms with Gasteiger partial charge in [0.05, 0.1) is 51.4 Å². The largest absolute Gasteiger partial charge is 0.481 e. The van der Waals surface area contributed by atoms with Gasteiger partial charge in [-0.2, -0.15) is 0 Å². The highest BCUT2D eigenvalue weighted by atomic mass is 17.1. The Morgan fingerprint density at radius 1 is 1.15 bits per heavy atom. The summed E-state index contributed by atoms with van der Waals surface area (Å²) in [4.78, 5) is 38.5. The van der Waals surface area contributed by atoms with Crippen molar-refractivity contribution in [2.75, 3.05) is 33.0 Å². The molecule has 0 spiro atoms. The number of hydrogen-bond donors (Lipinski definition) is 5. The molecular weight excluding hydrogens is 356 g/mol. The van der Waals surface area contributed by atoms with Gasteiger partial charge in [-0.1, -0.05) is 0 Å². The number of carbonyl (C=O) groups is 3. The van der Waals surface area contributed by atoms with Crippen LogP contribution in [0.5, 0.6) is 0 Å². The fraction of sp³-hybridized carbons (Fsp3) is 0.643. The number of nitrogens with one attached hydrogen (secondary N) is 1. The molecule has 1 heterocycles. The molecule has 1 aliphatic heterocycles. The number of ether oxygens (including phenoxy) is 2. The molecule has 0 bridgehead atoms. The topological polar surface area (TPSA) is 175 Å². The van der Waals surface area contributed by atoms with Gasteiger partial charge < -0.3 is 39.9 Å². The highest BCUT2D eigenvalue weighted by Gasteiger charge is 2.33. The van der Waals surface area contributed by atoms with Gasteiger partial charge in [-0.25, -0.2) is 10.1 Å². The Morgan fingerprint density at radius 2 is 1.85 bits per heavy atom. The summed E-state index contributed by atoms with van der Waals surface area (Å²) in [5, 5.41) is 38.1. The van der Waals surface area contributed by atoms with E-state index < -0.39 is 43.0 Å². The molecule has 1 amide bonds. The fourth-order valence-electron chi connectivity index (χ4n) is 2.46. The lowest BCUT2D eigenvalue weighted by molar-refractivity contribution is -0.230. The van der Waals surface area contributed by atoms with Crippen molar-refractivity contribution < 1.29 is 49.3 Å². The third-order valence-electron chi connectivity index (χ3n) is 3.53. The number of aliphatic carboxylic acids is 2. The highest BCUT2D eigenvalue weighted by molar-refractivity contribution is 5.70. The average molecular weight is 378 g/mol. The summed E-state index contributed by atoms with van der Waals surface area (Å²) in [6, 6.07) is -2.01. The van der Waals surface area contributed by atoms with Crippen LogP contribution < -0.4 is 5.32 Å². The van der Waals surface area contributed by atoms with Crippen molar-refractivity contribution in [1.82, 2.24) is 10.2 Å². The maximum atomic E-state index is 11.1. The second-order valence-corrected chi connectivity index (χ2v) is 5.33. The zero-order valence-electron chi connectivity index (χ0n) is 13.9. The van der Waals surface area contributed by atoms with Gasteiger partial charge >= 0.3 is 18.0 Å². The van der Waals surface area contributed by atoms with Crippen LogP contribution in [0.4, 0.5) is 4.79 Å². The van der Waals surface area contributed by atoms with E-state index in [9.17, 15) is 14.4 Å². The Labute approximate surface area is 148 Å². The van der Waals surface area contributed by atoms with Gasteiger partial charge in [-0.05, 0) is 6.08 Å². The molecule has 0 aromatic carbocycles. The van der Waals surface area contributed by atoms with Crippen molar-refractivity contribution in [1.29, 1.82) is 0 Å². The predicted octanol–water partition coefficient (Wildman–Crippen LogP) is -0.380. The SMILES string of the molecule is O=C(O)C/C=C(\OO)N1CCOCCOCC1C(CC(=O)O)NC(=O)O. The third-order valence-corrected chi connectivity index (χ3v) is 3.53. The lowest BCUT2D eigenvalue weighted by atomic mass is 10.0. The van der Waals surface area contributed by atoms with Crippen LogP contribution in [0.2, 0.25) is 0 Å². The van der Waals surface area contributed by atoms with Crippen LogP contribution in [-0.2, 0) is 24.0 Å². The van der Waals surface area contributed by atoms with E-state index in [1.165, 1.54) is 4.90 Å². The third kappa shape index (κ3) is 7.55. The van der Waals surface area contributed by atoms with Crippen molar-refractivity contribution >= 4 is 18.0 Å². The van der Waals surface area contributed by atoms with E-state index in [0.717, 1.165) is 6.08 Å². The molecule has 0 saturated carbocycles. The van der Waals surface area contributed by atoms with Crippen LogP contribution >= 0.6 is 0 Å². The molecule has 0 aromatic heterocycles. The normalized spacial score (nSPS) is 20.3. The Kier molecular flexibility index (Phi) is 9.19. The molecule has 0 aromatic rings. The second-order valence-electron chi connectivity index (χ2n) is 5.33. The number of carboxylic acid groups (broad SMARTS) is 3. The maximum Gasteiger partial charge on any atom is 0.404 e. The van der Waals surface area contributed by atoms with Gasteiger partial charge in [0.15, 0.2) is 0 Å². The van der Waals surface area contributed by atoms with E-state index in [1.807, 2.05) is 0 Å². The van der Waals surface area contributed by atoms with Crippen LogP contribution in [0.3, 0.4) is 0 Å². The zero-order valence-corrected chi connectivity index (χ0v) is 13.9. The minimum atomic E-state index is -1.44. The van der Waals surface area contributed by atoms with Crippen molar-refractivity contribution in [2.45, 2.75) is 24.9 Å². The summed E-state index contributed by atoms with van der Waals surface area (Å²) in [5.41, 5.74) is 0. The van der Waals surface area contributed by atoms with Gasteiger partial charge in [-0.15, -0.1) is 0 Å². The van der Waals surface area contributed by atoms with Crippen LogP contribution in [0.1, 0.15) is 12.8 Å². The van der Waals surface area contributed by atoms with E-state index in [2.05, 4.69) is 10.2 Å². The van der Waals surface area contributed by atoms with Crippen molar-refractivity contribution in [3.63, 3.8) is 0 Å². The molecule has 1 rings (SSSR count). The summed E-state index contributed by atoms with van der Waals surface area (Å²) in [6.45, 7) is 0.587. The molecule has 0 radical (unpaired) electrons. The zero-order chi connectivity index (χ0) is 19.5. The molecule has 2 atom stereocenters. The second kappa shape index (κ2) is 11.1. The number of hydrogen-bond acceptors (Lipinski definition) is 8. The number of rotatable bonds is 8. The first-order valence-electron chi connectivity index (χ1n) is 7.72. The Bertz CT molecular complexity index is 508. The predicted molar refractivity (Wildman–Crippen MR) is 83.4 cm³/mol. The van der Waals surface area contributed by atoms with Crippen LogP contribution in [0.25, 0.3) is 0 Å². The quantitative estimate of drug-likeness (QED) is 0.211. The maximum absolute atomic E-state index is 11.1.